The van der Waals surface area contributed by atoms with Gasteiger partial charge in [0.1, 0.15) is 23.9 Å². The van der Waals surface area contributed by atoms with Gasteiger partial charge in [-0.2, -0.15) is 5.26 Å². The normalized spacial score (nSPS) is 21.9. The van der Waals surface area contributed by atoms with E-state index in [-0.39, 0.29) is 23.6 Å². The molecule has 0 saturated heterocycles. The van der Waals surface area contributed by atoms with E-state index < -0.39 is 11.4 Å². The van der Waals surface area contributed by atoms with E-state index >= 15 is 0 Å². The summed E-state index contributed by atoms with van der Waals surface area (Å²) in [5.41, 5.74) is 1.09. The summed E-state index contributed by atoms with van der Waals surface area (Å²) in [4.78, 5) is 26.4. The molecule has 1 spiro atoms. The zero-order valence-electron chi connectivity index (χ0n) is 16.0. The van der Waals surface area contributed by atoms with Crippen LogP contribution in [0.2, 0.25) is 0 Å². The Bertz CT molecular complexity index is 1210. The second kappa shape index (κ2) is 5.51. The maximum Gasteiger partial charge on any atom is 0.338 e. The SMILES string of the molecule is CC(C)(C)n1cc(C#N)c2c1NC1=C(C(=O)OC1)[C@@]21C(=O)Nc2ccc(Br)cc21. The summed E-state index contributed by atoms with van der Waals surface area (Å²) in [7, 11) is 0. The van der Waals surface area contributed by atoms with Crippen LogP contribution in [0.15, 0.2) is 40.1 Å². The van der Waals surface area contributed by atoms with Crippen LogP contribution >= 0.6 is 15.9 Å². The van der Waals surface area contributed by atoms with E-state index in [0.717, 1.165) is 4.47 Å². The third-order valence-corrected chi connectivity index (χ3v) is 6.19. The number of fused-ring (bicyclic) bond motifs is 5. The van der Waals surface area contributed by atoms with Crippen LogP contribution < -0.4 is 10.6 Å². The molecule has 0 bridgehead atoms. The second-order valence-electron chi connectivity index (χ2n) is 8.37. The number of hydrogen-bond acceptors (Lipinski definition) is 5. The highest BCUT2D eigenvalue weighted by molar-refractivity contribution is 9.10. The summed E-state index contributed by atoms with van der Waals surface area (Å²) in [5, 5.41) is 16.1. The molecule has 5 rings (SSSR count). The molecule has 2 aromatic rings. The van der Waals surface area contributed by atoms with Crippen LogP contribution in [0.5, 0.6) is 0 Å². The Morgan fingerprint density at radius 2 is 2.03 bits per heavy atom. The first kappa shape index (κ1) is 18.0. The maximum atomic E-state index is 13.6. The van der Waals surface area contributed by atoms with Crippen LogP contribution in [0.25, 0.3) is 0 Å². The lowest BCUT2D eigenvalue weighted by atomic mass is 9.67. The number of esters is 1. The van der Waals surface area contributed by atoms with Crippen molar-refractivity contribution >= 4 is 39.3 Å². The minimum Gasteiger partial charge on any atom is -0.456 e. The maximum absolute atomic E-state index is 13.6. The van der Waals surface area contributed by atoms with E-state index in [1.165, 1.54) is 0 Å². The number of carbonyl (C=O) groups excluding carboxylic acids is 2. The van der Waals surface area contributed by atoms with Gasteiger partial charge in [-0.05, 0) is 39.0 Å². The summed E-state index contributed by atoms with van der Waals surface area (Å²) >= 11 is 3.48. The molecule has 1 atom stereocenters. The minimum absolute atomic E-state index is 0.0587. The Balaban J connectivity index is 1.97. The molecular weight excluding hydrogens is 436 g/mol. The first-order valence-electron chi connectivity index (χ1n) is 9.15. The molecule has 2 N–H and O–H groups in total. The topological polar surface area (TPSA) is 96.2 Å². The van der Waals surface area contributed by atoms with Crippen molar-refractivity contribution in [3.8, 4) is 6.07 Å². The molecule has 7 nitrogen and oxygen atoms in total. The molecule has 0 fully saturated rings. The average molecular weight is 453 g/mol. The Hall–Kier alpha value is -3.05. The zero-order valence-corrected chi connectivity index (χ0v) is 17.6. The first-order chi connectivity index (χ1) is 13.7. The number of ether oxygens (including phenoxy) is 1. The van der Waals surface area contributed by atoms with Crippen molar-refractivity contribution in [2.24, 2.45) is 0 Å². The highest BCUT2D eigenvalue weighted by atomic mass is 79.9. The number of nitrogens with zero attached hydrogens (tertiary/aromatic N) is 2. The molecule has 8 heteroatoms. The molecule has 0 radical (unpaired) electrons. The molecule has 0 saturated carbocycles. The molecule has 1 aromatic heterocycles. The molecular formula is C21H17BrN4O3. The fourth-order valence-electron chi connectivity index (χ4n) is 4.54. The average Bonchev–Trinajstić information content (AvgIpc) is 3.29. The highest BCUT2D eigenvalue weighted by Gasteiger charge is 2.61. The number of nitrogens with one attached hydrogen (secondary N) is 2. The number of benzene rings is 1. The number of carbonyl (C=O) groups is 2. The van der Waals surface area contributed by atoms with Crippen LogP contribution in [-0.4, -0.2) is 23.1 Å². The molecule has 3 aliphatic heterocycles. The Morgan fingerprint density at radius 3 is 2.72 bits per heavy atom. The molecule has 146 valence electrons. The van der Waals surface area contributed by atoms with Gasteiger partial charge in [-0.15, -0.1) is 0 Å². The van der Waals surface area contributed by atoms with Crippen LogP contribution in [0, 0.1) is 11.3 Å². The van der Waals surface area contributed by atoms with Crippen LogP contribution in [-0.2, 0) is 25.3 Å². The lowest BCUT2D eigenvalue weighted by Gasteiger charge is -2.35. The smallest absolute Gasteiger partial charge is 0.338 e. The molecule has 4 heterocycles. The number of rotatable bonds is 0. The summed E-state index contributed by atoms with van der Waals surface area (Å²) in [6, 6.07) is 7.68. The fraction of sp³-hybridized carbons (Fsp3) is 0.286. The monoisotopic (exact) mass is 452 g/mol. The van der Waals surface area contributed by atoms with E-state index in [0.29, 0.717) is 33.9 Å². The van der Waals surface area contributed by atoms with E-state index in [1.54, 1.807) is 12.3 Å². The molecule has 3 aliphatic rings. The Morgan fingerprint density at radius 1 is 1.28 bits per heavy atom. The predicted octanol–water partition coefficient (Wildman–Crippen LogP) is 3.35. The van der Waals surface area contributed by atoms with Gasteiger partial charge in [0, 0.05) is 33.0 Å². The van der Waals surface area contributed by atoms with Crippen molar-refractivity contribution < 1.29 is 14.3 Å². The van der Waals surface area contributed by atoms with E-state index in [4.69, 9.17) is 4.74 Å². The number of hydrogen-bond donors (Lipinski definition) is 2. The van der Waals surface area contributed by atoms with Gasteiger partial charge in [0.2, 0.25) is 5.91 Å². The number of halogens is 1. The van der Waals surface area contributed by atoms with Crippen molar-refractivity contribution in [1.82, 2.24) is 4.57 Å². The number of nitriles is 1. The first-order valence-corrected chi connectivity index (χ1v) is 9.94. The van der Waals surface area contributed by atoms with Gasteiger partial charge in [0.15, 0.2) is 0 Å². The van der Waals surface area contributed by atoms with Gasteiger partial charge in [0.05, 0.1) is 16.8 Å². The van der Waals surface area contributed by atoms with Gasteiger partial charge in [-0.1, -0.05) is 15.9 Å². The van der Waals surface area contributed by atoms with Crippen molar-refractivity contribution in [3.63, 3.8) is 0 Å². The van der Waals surface area contributed by atoms with Crippen LogP contribution in [0.4, 0.5) is 11.5 Å². The fourth-order valence-corrected chi connectivity index (χ4v) is 4.91. The number of anilines is 2. The predicted molar refractivity (Wildman–Crippen MR) is 109 cm³/mol. The number of amides is 1. The third kappa shape index (κ3) is 2.11. The van der Waals surface area contributed by atoms with Gasteiger partial charge >= 0.3 is 5.97 Å². The second-order valence-corrected chi connectivity index (χ2v) is 9.28. The van der Waals surface area contributed by atoms with Crippen molar-refractivity contribution in [3.05, 3.63) is 56.8 Å². The van der Waals surface area contributed by atoms with Crippen molar-refractivity contribution in [2.45, 2.75) is 31.7 Å². The van der Waals surface area contributed by atoms with Gasteiger partial charge < -0.3 is 19.9 Å². The highest BCUT2D eigenvalue weighted by Crippen LogP contribution is 2.56. The third-order valence-electron chi connectivity index (χ3n) is 5.70. The largest absolute Gasteiger partial charge is 0.456 e. The van der Waals surface area contributed by atoms with Gasteiger partial charge in [-0.25, -0.2) is 4.79 Å². The molecule has 1 aromatic carbocycles. The summed E-state index contributed by atoms with van der Waals surface area (Å²) in [6.45, 7) is 6.11. The molecule has 1 amide bonds. The standard InChI is InChI=1S/C21H17BrN4O3/c1-20(2,3)26-8-10(7-23)15-17(26)24-14-9-29-18(27)16(14)21(15)12-6-11(22)4-5-13(12)25-19(21)28/h4-6,8,24H,9H2,1-3H3,(H,25,28)/t21-/m0/s1. The Kier molecular flexibility index (Phi) is 3.42. The summed E-state index contributed by atoms with van der Waals surface area (Å²) in [6.07, 6.45) is 1.75. The molecule has 29 heavy (non-hydrogen) atoms. The van der Waals surface area contributed by atoms with Crippen LogP contribution in [0.3, 0.4) is 0 Å². The number of cyclic esters (lactones) is 1. The van der Waals surface area contributed by atoms with Crippen LogP contribution in [0.1, 0.15) is 37.5 Å². The van der Waals surface area contributed by atoms with Gasteiger partial charge in [0.25, 0.3) is 0 Å². The molecule has 0 unspecified atom stereocenters. The minimum atomic E-state index is -1.44. The van der Waals surface area contributed by atoms with Crippen molar-refractivity contribution in [1.29, 1.82) is 5.26 Å². The zero-order chi connectivity index (χ0) is 20.7. The Labute approximate surface area is 175 Å². The number of aromatic nitrogens is 1. The van der Waals surface area contributed by atoms with Gasteiger partial charge in [-0.3, -0.25) is 4.79 Å². The van der Waals surface area contributed by atoms with E-state index in [2.05, 4.69) is 32.6 Å². The summed E-state index contributed by atoms with van der Waals surface area (Å²) < 4.78 is 8.04. The molecule has 0 aliphatic carbocycles. The quantitative estimate of drug-likeness (QED) is 0.597. The van der Waals surface area contributed by atoms with Crippen molar-refractivity contribution in [2.75, 3.05) is 17.2 Å². The lowest BCUT2D eigenvalue weighted by molar-refractivity contribution is -0.137. The summed E-state index contributed by atoms with van der Waals surface area (Å²) in [5.74, 6) is -0.273. The lowest BCUT2D eigenvalue weighted by Crippen LogP contribution is -2.44. The van der Waals surface area contributed by atoms with E-state index in [9.17, 15) is 14.9 Å². The van der Waals surface area contributed by atoms with E-state index in [1.807, 2.05) is 37.5 Å².